The van der Waals surface area contributed by atoms with Gasteiger partial charge in [0.25, 0.3) is 10.0 Å². The van der Waals surface area contributed by atoms with Gasteiger partial charge in [0.05, 0.1) is 23.4 Å². The summed E-state index contributed by atoms with van der Waals surface area (Å²) in [6.45, 7) is 1.34. The van der Waals surface area contributed by atoms with Crippen LogP contribution in [0.5, 0.6) is 5.75 Å². The first-order chi connectivity index (χ1) is 14.7. The summed E-state index contributed by atoms with van der Waals surface area (Å²) < 4.78 is 47.4. The number of sulfonamides is 1. The molecule has 0 bridgehead atoms. The molecule has 162 valence electrons. The van der Waals surface area contributed by atoms with Crippen molar-refractivity contribution in [2.24, 2.45) is 0 Å². The lowest BCUT2D eigenvalue weighted by Gasteiger charge is -2.24. The van der Waals surface area contributed by atoms with Crippen LogP contribution in [0.15, 0.2) is 76.1 Å². The highest BCUT2D eigenvalue weighted by Gasteiger charge is 2.27. The minimum absolute atomic E-state index is 0.00324. The van der Waals surface area contributed by atoms with Crippen molar-refractivity contribution in [1.82, 2.24) is 0 Å². The second kappa shape index (κ2) is 9.49. The highest BCUT2D eigenvalue weighted by molar-refractivity contribution is 9.10. The van der Waals surface area contributed by atoms with Crippen LogP contribution in [0.1, 0.15) is 5.56 Å². The van der Waals surface area contributed by atoms with Gasteiger partial charge in [0.1, 0.15) is 18.1 Å². The van der Waals surface area contributed by atoms with Gasteiger partial charge in [0.2, 0.25) is 5.91 Å². The minimum atomic E-state index is -4.08. The summed E-state index contributed by atoms with van der Waals surface area (Å²) in [6.07, 6.45) is 0. The molecule has 0 heterocycles. The van der Waals surface area contributed by atoms with Crippen molar-refractivity contribution in [3.05, 3.63) is 82.6 Å². The van der Waals surface area contributed by atoms with Crippen LogP contribution in [0.3, 0.4) is 0 Å². The van der Waals surface area contributed by atoms with Gasteiger partial charge in [-0.05, 0) is 61.5 Å². The Kier molecular flexibility index (Phi) is 6.97. The van der Waals surface area contributed by atoms with Gasteiger partial charge in [-0.3, -0.25) is 9.10 Å². The van der Waals surface area contributed by atoms with Gasteiger partial charge >= 0.3 is 0 Å². The van der Waals surface area contributed by atoms with Gasteiger partial charge in [-0.15, -0.1) is 0 Å². The number of hydrogen-bond donors (Lipinski definition) is 1. The SMILES string of the molecule is COc1ccc(S(=O)(=O)N(CC(=O)Nc2ccc(Br)cc2F)c2ccc(C)cc2)cc1. The molecular formula is C22H20BrFN2O4S. The zero-order valence-electron chi connectivity index (χ0n) is 16.8. The molecule has 3 aromatic carbocycles. The molecule has 0 aromatic heterocycles. The zero-order valence-corrected chi connectivity index (χ0v) is 19.2. The Bertz CT molecular complexity index is 1180. The average Bonchev–Trinajstić information content (AvgIpc) is 2.75. The summed E-state index contributed by atoms with van der Waals surface area (Å²) >= 11 is 3.15. The van der Waals surface area contributed by atoms with Crippen molar-refractivity contribution in [2.45, 2.75) is 11.8 Å². The molecule has 6 nitrogen and oxygen atoms in total. The number of nitrogens with zero attached hydrogens (tertiary/aromatic N) is 1. The van der Waals surface area contributed by atoms with Crippen molar-refractivity contribution >= 4 is 43.2 Å². The van der Waals surface area contributed by atoms with E-state index in [0.29, 0.717) is 15.9 Å². The molecule has 0 spiro atoms. The van der Waals surface area contributed by atoms with E-state index < -0.39 is 28.3 Å². The molecule has 0 aliphatic heterocycles. The number of aryl methyl sites for hydroxylation is 1. The first kappa shape index (κ1) is 22.8. The lowest BCUT2D eigenvalue weighted by atomic mass is 10.2. The van der Waals surface area contributed by atoms with Crippen LogP contribution in [0.2, 0.25) is 0 Å². The van der Waals surface area contributed by atoms with Crippen LogP contribution in [-0.2, 0) is 14.8 Å². The number of anilines is 2. The first-order valence-corrected chi connectivity index (χ1v) is 11.4. The molecule has 0 aliphatic carbocycles. The topological polar surface area (TPSA) is 75.7 Å². The van der Waals surface area contributed by atoms with Crippen LogP contribution in [0.25, 0.3) is 0 Å². The van der Waals surface area contributed by atoms with E-state index in [-0.39, 0.29) is 10.6 Å². The number of amides is 1. The summed E-state index contributed by atoms with van der Waals surface area (Å²) in [5.74, 6) is -0.814. The van der Waals surface area contributed by atoms with E-state index in [1.807, 2.05) is 6.92 Å². The van der Waals surface area contributed by atoms with E-state index >= 15 is 0 Å². The normalized spacial score (nSPS) is 11.1. The number of rotatable bonds is 7. The molecule has 0 unspecified atom stereocenters. The number of nitrogens with one attached hydrogen (secondary N) is 1. The Morgan fingerprint density at radius 1 is 1.06 bits per heavy atom. The lowest BCUT2D eigenvalue weighted by Crippen LogP contribution is -2.38. The maximum absolute atomic E-state index is 14.1. The van der Waals surface area contributed by atoms with E-state index in [2.05, 4.69) is 21.2 Å². The maximum Gasteiger partial charge on any atom is 0.264 e. The molecule has 0 atom stereocenters. The number of hydrogen-bond acceptors (Lipinski definition) is 4. The van der Waals surface area contributed by atoms with Gasteiger partial charge < -0.3 is 10.1 Å². The zero-order chi connectivity index (χ0) is 22.6. The molecule has 0 aliphatic rings. The van der Waals surface area contributed by atoms with Crippen molar-refractivity contribution in [3.63, 3.8) is 0 Å². The summed E-state index contributed by atoms with van der Waals surface area (Å²) in [5.41, 5.74) is 1.21. The number of carbonyl (C=O) groups is 1. The fourth-order valence-electron chi connectivity index (χ4n) is 2.81. The number of methoxy groups -OCH3 is 1. The standard InChI is InChI=1S/C22H20BrFN2O4S/c1-15-3-6-17(7-4-15)26(31(28,29)19-10-8-18(30-2)9-11-19)14-22(27)25-21-12-5-16(23)13-20(21)24/h3-13H,14H2,1-2H3,(H,25,27). The largest absolute Gasteiger partial charge is 0.497 e. The van der Waals surface area contributed by atoms with Gasteiger partial charge in [-0.25, -0.2) is 12.8 Å². The van der Waals surface area contributed by atoms with Crippen molar-refractivity contribution in [2.75, 3.05) is 23.3 Å². The van der Waals surface area contributed by atoms with Crippen molar-refractivity contribution < 1.29 is 22.3 Å². The van der Waals surface area contributed by atoms with Crippen LogP contribution in [0.4, 0.5) is 15.8 Å². The van der Waals surface area contributed by atoms with Crippen LogP contribution >= 0.6 is 15.9 Å². The molecule has 9 heteroatoms. The molecule has 3 rings (SSSR count). The molecule has 31 heavy (non-hydrogen) atoms. The second-order valence-corrected chi connectivity index (χ2v) is 9.47. The summed E-state index contributed by atoms with van der Waals surface area (Å²) in [7, 11) is -2.60. The maximum atomic E-state index is 14.1. The fraction of sp³-hybridized carbons (Fsp3) is 0.136. The molecule has 0 saturated heterocycles. The fourth-order valence-corrected chi connectivity index (χ4v) is 4.57. The van der Waals surface area contributed by atoms with Crippen LogP contribution in [0, 0.1) is 12.7 Å². The van der Waals surface area contributed by atoms with Gasteiger partial charge in [0, 0.05) is 4.47 Å². The highest BCUT2D eigenvalue weighted by atomic mass is 79.9. The molecule has 1 amide bonds. The summed E-state index contributed by atoms with van der Waals surface area (Å²) in [4.78, 5) is 12.7. The predicted octanol–water partition coefficient (Wildman–Crippen LogP) is 4.74. The van der Waals surface area contributed by atoms with E-state index in [1.165, 1.54) is 43.5 Å². The smallest absolute Gasteiger partial charge is 0.264 e. The molecule has 3 aromatic rings. The Morgan fingerprint density at radius 2 is 1.71 bits per heavy atom. The quantitative estimate of drug-likeness (QED) is 0.502. The predicted molar refractivity (Wildman–Crippen MR) is 121 cm³/mol. The Labute approximate surface area is 188 Å². The third-order valence-corrected chi connectivity index (χ3v) is 6.74. The number of benzene rings is 3. The number of carbonyl (C=O) groups excluding carboxylic acids is 1. The Morgan fingerprint density at radius 3 is 2.29 bits per heavy atom. The average molecular weight is 507 g/mol. The van der Waals surface area contributed by atoms with E-state index in [4.69, 9.17) is 4.74 Å². The molecule has 0 fully saturated rings. The first-order valence-electron chi connectivity index (χ1n) is 9.19. The van der Waals surface area contributed by atoms with E-state index in [0.717, 1.165) is 9.87 Å². The Balaban J connectivity index is 1.94. The highest BCUT2D eigenvalue weighted by Crippen LogP contribution is 2.26. The van der Waals surface area contributed by atoms with E-state index in [9.17, 15) is 17.6 Å². The lowest BCUT2D eigenvalue weighted by molar-refractivity contribution is -0.114. The third-order valence-electron chi connectivity index (χ3n) is 4.46. The van der Waals surface area contributed by atoms with Crippen LogP contribution < -0.4 is 14.4 Å². The molecule has 1 N–H and O–H groups in total. The summed E-state index contributed by atoms with van der Waals surface area (Å²) in [6, 6.07) is 16.8. The summed E-state index contributed by atoms with van der Waals surface area (Å²) in [5, 5.41) is 2.43. The van der Waals surface area contributed by atoms with Crippen LogP contribution in [-0.4, -0.2) is 28.0 Å². The monoisotopic (exact) mass is 506 g/mol. The number of ether oxygens (including phenoxy) is 1. The minimum Gasteiger partial charge on any atom is -0.497 e. The number of halogens is 2. The molecular weight excluding hydrogens is 487 g/mol. The van der Waals surface area contributed by atoms with Gasteiger partial charge in [-0.2, -0.15) is 0 Å². The molecule has 0 radical (unpaired) electrons. The Hall–Kier alpha value is -2.91. The van der Waals surface area contributed by atoms with E-state index in [1.54, 1.807) is 30.3 Å². The second-order valence-electron chi connectivity index (χ2n) is 6.70. The van der Waals surface area contributed by atoms with Crippen molar-refractivity contribution in [3.8, 4) is 5.75 Å². The third kappa shape index (κ3) is 5.42. The van der Waals surface area contributed by atoms with Gasteiger partial charge in [0.15, 0.2) is 0 Å². The van der Waals surface area contributed by atoms with Crippen molar-refractivity contribution in [1.29, 1.82) is 0 Å². The van der Waals surface area contributed by atoms with Gasteiger partial charge in [-0.1, -0.05) is 33.6 Å². The molecule has 0 saturated carbocycles.